The zero-order valence-corrected chi connectivity index (χ0v) is 13.6. The van der Waals surface area contributed by atoms with Gasteiger partial charge in [0, 0.05) is 35.4 Å². The number of hydrogen-bond acceptors (Lipinski definition) is 3. The number of nitrogens with zero attached hydrogens (tertiary/aromatic N) is 1. The van der Waals surface area contributed by atoms with Crippen molar-refractivity contribution in [2.24, 2.45) is 7.05 Å². The van der Waals surface area contributed by atoms with Gasteiger partial charge < -0.3 is 14.6 Å². The van der Waals surface area contributed by atoms with E-state index in [1.807, 2.05) is 42.1 Å². The van der Waals surface area contributed by atoms with Gasteiger partial charge in [0.1, 0.15) is 5.82 Å². The van der Waals surface area contributed by atoms with Crippen LogP contribution < -0.4 is 5.32 Å². The van der Waals surface area contributed by atoms with Gasteiger partial charge in [-0.1, -0.05) is 18.2 Å². The Bertz CT molecular complexity index is 855. The molecule has 1 aromatic heterocycles. The fourth-order valence-corrected chi connectivity index (χ4v) is 2.81. The van der Waals surface area contributed by atoms with E-state index in [1.54, 1.807) is 19.1 Å². The highest BCUT2D eigenvalue weighted by molar-refractivity contribution is 5.91. The maximum absolute atomic E-state index is 13.1. The van der Waals surface area contributed by atoms with Crippen molar-refractivity contribution in [3.8, 4) is 0 Å². The number of fused-ring (bicyclic) bond motifs is 1. The van der Waals surface area contributed by atoms with Crippen LogP contribution in [0.2, 0.25) is 0 Å². The van der Waals surface area contributed by atoms with Crippen LogP contribution in [0.3, 0.4) is 0 Å². The molecule has 0 saturated heterocycles. The molecule has 0 saturated carbocycles. The Kier molecular flexibility index (Phi) is 4.51. The average Bonchev–Trinajstić information content (AvgIpc) is 2.92. The lowest BCUT2D eigenvalue weighted by atomic mass is 10.1. The number of esters is 1. The minimum atomic E-state index is -0.665. The fraction of sp³-hybridized carbons (Fsp3) is 0.211. The molecule has 0 radical (unpaired) electrons. The number of hydrogen-bond donors (Lipinski definition) is 1. The van der Waals surface area contributed by atoms with E-state index in [2.05, 4.69) is 5.32 Å². The van der Waals surface area contributed by atoms with Gasteiger partial charge in [-0.15, -0.1) is 0 Å². The Hall–Kier alpha value is -2.82. The monoisotopic (exact) mass is 326 g/mol. The van der Waals surface area contributed by atoms with Crippen molar-refractivity contribution < 1.29 is 13.9 Å². The SMILES string of the molecule is CCOC(=O)[C@@H](Nc1ccc(F)cc1)c1cn(C)c2ccccc12. The van der Waals surface area contributed by atoms with Gasteiger partial charge in [-0.2, -0.15) is 0 Å². The predicted octanol–water partition coefficient (Wildman–Crippen LogP) is 4.03. The van der Waals surface area contributed by atoms with Crippen LogP contribution in [-0.4, -0.2) is 17.1 Å². The highest BCUT2D eigenvalue weighted by Crippen LogP contribution is 2.29. The molecule has 4 nitrogen and oxygen atoms in total. The first-order chi connectivity index (χ1) is 11.6. The fourth-order valence-electron chi connectivity index (χ4n) is 2.81. The van der Waals surface area contributed by atoms with E-state index in [0.29, 0.717) is 12.3 Å². The number of nitrogens with one attached hydrogen (secondary N) is 1. The summed E-state index contributed by atoms with van der Waals surface area (Å²) in [5, 5.41) is 4.14. The second-order valence-corrected chi connectivity index (χ2v) is 5.55. The van der Waals surface area contributed by atoms with Crippen LogP contribution in [0.25, 0.3) is 10.9 Å². The van der Waals surface area contributed by atoms with E-state index in [9.17, 15) is 9.18 Å². The minimum Gasteiger partial charge on any atom is -0.464 e. The van der Waals surface area contributed by atoms with Gasteiger partial charge in [0.25, 0.3) is 0 Å². The number of benzene rings is 2. The minimum absolute atomic E-state index is 0.297. The molecule has 0 aliphatic heterocycles. The number of rotatable bonds is 5. The Morgan fingerprint density at radius 2 is 1.92 bits per heavy atom. The number of carbonyl (C=O) groups excluding carboxylic acids is 1. The Balaban J connectivity index is 2.03. The van der Waals surface area contributed by atoms with Gasteiger partial charge in [0.15, 0.2) is 6.04 Å². The summed E-state index contributed by atoms with van der Waals surface area (Å²) in [4.78, 5) is 12.5. The molecule has 2 aromatic carbocycles. The van der Waals surface area contributed by atoms with Crippen molar-refractivity contribution in [2.45, 2.75) is 13.0 Å². The Labute approximate surface area is 139 Å². The third-order valence-electron chi connectivity index (χ3n) is 3.92. The predicted molar refractivity (Wildman–Crippen MR) is 92.3 cm³/mol. The molecule has 0 unspecified atom stereocenters. The van der Waals surface area contributed by atoms with Gasteiger partial charge in [-0.05, 0) is 37.3 Å². The van der Waals surface area contributed by atoms with E-state index in [4.69, 9.17) is 4.74 Å². The van der Waals surface area contributed by atoms with Crippen LogP contribution in [-0.2, 0) is 16.6 Å². The summed E-state index contributed by atoms with van der Waals surface area (Å²) in [5.41, 5.74) is 2.51. The summed E-state index contributed by atoms with van der Waals surface area (Å²) in [6.07, 6.45) is 1.92. The summed E-state index contributed by atoms with van der Waals surface area (Å²) in [6, 6.07) is 13.1. The van der Waals surface area contributed by atoms with Crippen LogP contribution in [0, 0.1) is 5.82 Å². The van der Waals surface area contributed by atoms with Crippen LogP contribution in [0.15, 0.2) is 54.7 Å². The van der Waals surface area contributed by atoms with Crippen molar-refractivity contribution >= 4 is 22.6 Å². The molecule has 1 heterocycles. The van der Waals surface area contributed by atoms with Crippen molar-refractivity contribution in [3.63, 3.8) is 0 Å². The van der Waals surface area contributed by atoms with E-state index < -0.39 is 6.04 Å². The third kappa shape index (κ3) is 3.11. The average molecular weight is 326 g/mol. The van der Waals surface area contributed by atoms with Crippen LogP contribution >= 0.6 is 0 Å². The lowest BCUT2D eigenvalue weighted by Crippen LogP contribution is -2.23. The lowest BCUT2D eigenvalue weighted by Gasteiger charge is -2.18. The number of ether oxygens (including phenoxy) is 1. The third-order valence-corrected chi connectivity index (χ3v) is 3.92. The molecule has 0 aliphatic rings. The van der Waals surface area contributed by atoms with Gasteiger partial charge in [0.2, 0.25) is 0 Å². The second-order valence-electron chi connectivity index (χ2n) is 5.55. The summed E-state index contributed by atoms with van der Waals surface area (Å²) in [7, 11) is 1.94. The molecule has 5 heteroatoms. The molecule has 1 N–H and O–H groups in total. The molecule has 3 rings (SSSR count). The van der Waals surface area contributed by atoms with Crippen molar-refractivity contribution in [1.82, 2.24) is 4.57 Å². The number of aryl methyl sites for hydroxylation is 1. The number of aromatic nitrogens is 1. The van der Waals surface area contributed by atoms with Crippen LogP contribution in [0.4, 0.5) is 10.1 Å². The molecule has 124 valence electrons. The number of anilines is 1. The van der Waals surface area contributed by atoms with Gasteiger partial charge in [-0.25, -0.2) is 9.18 Å². The first-order valence-corrected chi connectivity index (χ1v) is 7.83. The number of carbonyl (C=O) groups is 1. The molecule has 0 spiro atoms. The van der Waals surface area contributed by atoms with Crippen LogP contribution in [0.5, 0.6) is 0 Å². The summed E-state index contributed by atoms with van der Waals surface area (Å²) >= 11 is 0. The number of para-hydroxylation sites is 1. The maximum Gasteiger partial charge on any atom is 0.333 e. The zero-order chi connectivity index (χ0) is 17.1. The van der Waals surface area contributed by atoms with Crippen molar-refractivity contribution in [1.29, 1.82) is 0 Å². The van der Waals surface area contributed by atoms with E-state index in [-0.39, 0.29) is 11.8 Å². The van der Waals surface area contributed by atoms with Gasteiger partial charge in [-0.3, -0.25) is 0 Å². The van der Waals surface area contributed by atoms with Gasteiger partial charge in [0.05, 0.1) is 6.61 Å². The first kappa shape index (κ1) is 16.1. The van der Waals surface area contributed by atoms with Crippen molar-refractivity contribution in [3.05, 3.63) is 66.1 Å². The molecule has 0 amide bonds. The standard InChI is InChI=1S/C19H19FN2O2/c1-3-24-19(23)18(21-14-10-8-13(20)9-11-14)16-12-22(2)17-7-5-4-6-15(16)17/h4-12,18,21H,3H2,1-2H3/t18-/m0/s1. The molecule has 3 aromatic rings. The van der Waals surface area contributed by atoms with E-state index >= 15 is 0 Å². The molecule has 0 fully saturated rings. The smallest absolute Gasteiger partial charge is 0.333 e. The molecule has 1 atom stereocenters. The van der Waals surface area contributed by atoms with Gasteiger partial charge >= 0.3 is 5.97 Å². The zero-order valence-electron chi connectivity index (χ0n) is 13.6. The molecule has 0 aliphatic carbocycles. The lowest BCUT2D eigenvalue weighted by molar-refractivity contribution is -0.144. The second kappa shape index (κ2) is 6.74. The Morgan fingerprint density at radius 1 is 1.21 bits per heavy atom. The quantitative estimate of drug-likeness (QED) is 0.720. The normalized spacial score (nSPS) is 12.1. The topological polar surface area (TPSA) is 43.3 Å². The highest BCUT2D eigenvalue weighted by Gasteiger charge is 2.25. The summed E-state index contributed by atoms with van der Waals surface area (Å²) in [6.45, 7) is 2.07. The summed E-state index contributed by atoms with van der Waals surface area (Å²) < 4.78 is 20.3. The van der Waals surface area contributed by atoms with E-state index in [1.165, 1.54) is 12.1 Å². The molecule has 0 bridgehead atoms. The maximum atomic E-state index is 13.1. The Morgan fingerprint density at radius 3 is 2.62 bits per heavy atom. The molecular formula is C19H19FN2O2. The van der Waals surface area contributed by atoms with Crippen molar-refractivity contribution in [2.75, 3.05) is 11.9 Å². The largest absolute Gasteiger partial charge is 0.464 e. The van der Waals surface area contributed by atoms with E-state index in [0.717, 1.165) is 16.5 Å². The van der Waals surface area contributed by atoms with Crippen LogP contribution in [0.1, 0.15) is 18.5 Å². The highest BCUT2D eigenvalue weighted by atomic mass is 19.1. The first-order valence-electron chi connectivity index (χ1n) is 7.83. The molecular weight excluding hydrogens is 307 g/mol. The number of halogens is 1. The summed E-state index contributed by atoms with van der Waals surface area (Å²) in [5.74, 6) is -0.684. The molecule has 24 heavy (non-hydrogen) atoms.